The highest BCUT2D eigenvalue weighted by molar-refractivity contribution is 7.89. The molecule has 0 aliphatic heterocycles. The van der Waals surface area contributed by atoms with Gasteiger partial charge in [-0.1, -0.05) is 81.4 Å². The number of amides is 2. The van der Waals surface area contributed by atoms with Gasteiger partial charge in [0.15, 0.2) is 0 Å². The first kappa shape index (κ1) is 41.1. The van der Waals surface area contributed by atoms with Crippen molar-refractivity contribution in [2.75, 3.05) is 26.8 Å². The minimum absolute atomic E-state index is 0.0680. The van der Waals surface area contributed by atoms with Crippen molar-refractivity contribution in [1.82, 2.24) is 14.9 Å². The molecular weight excluding hydrogens is 673 g/mol. The molecule has 3 aromatic rings. The standard InChI is InChI=1S/C24H38N4O8S.C14H14/c1-17(2)13-14-27(37(34,35)21-11-9-19(10-12-21)28(32)33)20(16-29)5-4-6-22(18-7-8-18)26-23(30)15-25-24(31)36-3;1-12(13-8-4-2-5-9-13)14-10-6-3-7-11-14/h9-12,17-18,20,22,29H,4-8,13-16H2,1-3H3,(H,25,31)(H,26,30);2-12H,1H3. The number of non-ortho nitro benzene ring substituents is 1. The number of sulfonamides is 1. The average molecular weight is 725 g/mol. The zero-order valence-corrected chi connectivity index (χ0v) is 30.8. The highest BCUT2D eigenvalue weighted by Crippen LogP contribution is 2.35. The van der Waals surface area contributed by atoms with Gasteiger partial charge in [0.25, 0.3) is 5.69 Å². The highest BCUT2D eigenvalue weighted by atomic mass is 32.2. The molecule has 1 aliphatic rings. The van der Waals surface area contributed by atoms with Gasteiger partial charge < -0.3 is 20.5 Å². The lowest BCUT2D eigenvalue weighted by atomic mass is 9.93. The summed E-state index contributed by atoms with van der Waals surface area (Å²) in [5, 5.41) is 26.4. The van der Waals surface area contributed by atoms with Crippen LogP contribution < -0.4 is 10.6 Å². The fraction of sp³-hybridized carbons (Fsp3) is 0.474. The fourth-order valence-electron chi connectivity index (χ4n) is 5.74. The smallest absolute Gasteiger partial charge is 0.407 e. The minimum Gasteiger partial charge on any atom is -0.453 e. The lowest BCUT2D eigenvalue weighted by Crippen LogP contribution is -2.44. The number of nitrogens with one attached hydrogen (secondary N) is 2. The van der Waals surface area contributed by atoms with Crippen molar-refractivity contribution in [3.8, 4) is 0 Å². The molecule has 0 spiro atoms. The summed E-state index contributed by atoms with van der Waals surface area (Å²) in [6, 6.07) is 25.1. The van der Waals surface area contributed by atoms with Gasteiger partial charge in [-0.05, 0) is 73.6 Å². The van der Waals surface area contributed by atoms with Gasteiger partial charge in [0.1, 0.15) is 6.54 Å². The van der Waals surface area contributed by atoms with Gasteiger partial charge in [-0.25, -0.2) is 13.2 Å². The number of nitrogens with zero attached hydrogens (tertiary/aromatic N) is 2. The molecule has 0 radical (unpaired) electrons. The number of hydrogen-bond acceptors (Lipinski definition) is 8. The molecule has 2 amide bonds. The number of hydrogen-bond donors (Lipinski definition) is 3. The lowest BCUT2D eigenvalue weighted by molar-refractivity contribution is -0.384. The Bertz CT molecular complexity index is 1580. The number of benzene rings is 3. The summed E-state index contributed by atoms with van der Waals surface area (Å²) in [5.41, 5.74) is 2.54. The molecule has 0 aromatic heterocycles. The van der Waals surface area contributed by atoms with E-state index in [1.807, 2.05) is 13.8 Å². The molecule has 1 saturated carbocycles. The molecule has 12 nitrogen and oxygen atoms in total. The van der Waals surface area contributed by atoms with Crippen LogP contribution in [-0.4, -0.2) is 73.6 Å². The van der Waals surface area contributed by atoms with Crippen molar-refractivity contribution in [3.05, 3.63) is 106 Å². The SMILES string of the molecule is CC(c1ccccc1)c1ccccc1.COC(=O)NCC(=O)NC(CCCC(CO)N(CCC(C)C)S(=O)(=O)c1ccc([N+](=O)[O-])cc1)C1CC1. The molecule has 0 heterocycles. The normalized spacial score (nSPS) is 14.0. The van der Waals surface area contributed by atoms with Crippen molar-refractivity contribution in [1.29, 1.82) is 0 Å². The Morgan fingerprint density at radius 2 is 1.49 bits per heavy atom. The summed E-state index contributed by atoms with van der Waals surface area (Å²) < 4.78 is 32.7. The second kappa shape index (κ2) is 20.5. The van der Waals surface area contributed by atoms with Crippen LogP contribution in [0, 0.1) is 22.0 Å². The van der Waals surface area contributed by atoms with Crippen molar-refractivity contribution < 1.29 is 32.8 Å². The van der Waals surface area contributed by atoms with Crippen molar-refractivity contribution >= 4 is 27.7 Å². The van der Waals surface area contributed by atoms with Crippen LogP contribution in [0.15, 0.2) is 89.8 Å². The third-order valence-corrected chi connectivity index (χ3v) is 10.9. The number of methoxy groups -OCH3 is 1. The maximum atomic E-state index is 13.5. The summed E-state index contributed by atoms with van der Waals surface area (Å²) >= 11 is 0. The van der Waals surface area contributed by atoms with Crippen LogP contribution in [0.5, 0.6) is 0 Å². The van der Waals surface area contributed by atoms with E-state index in [1.54, 1.807) is 0 Å². The first-order chi connectivity index (χ1) is 24.4. The molecule has 1 aliphatic carbocycles. The summed E-state index contributed by atoms with van der Waals surface area (Å²) in [4.78, 5) is 33.7. The second-order valence-electron chi connectivity index (χ2n) is 13.2. The van der Waals surface area contributed by atoms with Crippen LogP contribution in [0.3, 0.4) is 0 Å². The molecule has 3 N–H and O–H groups in total. The summed E-state index contributed by atoms with van der Waals surface area (Å²) in [6.45, 7) is 5.81. The van der Waals surface area contributed by atoms with Crippen molar-refractivity contribution in [2.24, 2.45) is 11.8 Å². The van der Waals surface area contributed by atoms with Crippen LogP contribution in [-0.2, 0) is 19.6 Å². The van der Waals surface area contributed by atoms with Gasteiger partial charge in [-0.15, -0.1) is 0 Å². The molecular formula is C38H52N4O8S. The quantitative estimate of drug-likeness (QED) is 0.102. The summed E-state index contributed by atoms with van der Waals surface area (Å²) in [5.74, 6) is 0.704. The van der Waals surface area contributed by atoms with Gasteiger partial charge in [0.2, 0.25) is 15.9 Å². The molecule has 0 bridgehead atoms. The van der Waals surface area contributed by atoms with Crippen LogP contribution in [0.25, 0.3) is 0 Å². The maximum absolute atomic E-state index is 13.5. The van der Waals surface area contributed by atoms with Gasteiger partial charge in [0.05, 0.1) is 23.5 Å². The van der Waals surface area contributed by atoms with Crippen molar-refractivity contribution in [3.63, 3.8) is 0 Å². The molecule has 13 heteroatoms. The Balaban J connectivity index is 0.000000413. The monoisotopic (exact) mass is 724 g/mol. The molecule has 278 valence electrons. The molecule has 4 rings (SSSR count). The van der Waals surface area contributed by atoms with E-state index in [-0.39, 0.29) is 48.1 Å². The van der Waals surface area contributed by atoms with E-state index < -0.39 is 27.1 Å². The van der Waals surface area contributed by atoms with E-state index in [0.29, 0.717) is 37.5 Å². The van der Waals surface area contributed by atoms with E-state index in [1.165, 1.54) is 34.7 Å². The number of rotatable bonds is 18. The first-order valence-electron chi connectivity index (χ1n) is 17.5. The summed E-state index contributed by atoms with van der Waals surface area (Å²) in [7, 11) is -2.80. The third kappa shape index (κ3) is 13.4. The highest BCUT2D eigenvalue weighted by Gasteiger charge is 2.34. The third-order valence-electron chi connectivity index (χ3n) is 8.97. The number of carbonyl (C=O) groups is 2. The number of nitro benzene ring substituents is 1. The zero-order valence-electron chi connectivity index (χ0n) is 29.9. The van der Waals surface area contributed by atoms with Gasteiger partial charge >= 0.3 is 6.09 Å². The largest absolute Gasteiger partial charge is 0.453 e. The van der Waals surface area contributed by atoms with Gasteiger partial charge in [-0.2, -0.15) is 4.31 Å². The fourth-order valence-corrected chi connectivity index (χ4v) is 7.40. The Morgan fingerprint density at radius 3 is 1.96 bits per heavy atom. The Kier molecular flexibility index (Phi) is 16.5. The van der Waals surface area contributed by atoms with E-state index in [0.717, 1.165) is 25.0 Å². The molecule has 2 atom stereocenters. The second-order valence-corrected chi connectivity index (χ2v) is 15.1. The van der Waals surface area contributed by atoms with Gasteiger partial charge in [-0.3, -0.25) is 14.9 Å². The van der Waals surface area contributed by atoms with Crippen LogP contribution in [0.4, 0.5) is 10.5 Å². The molecule has 3 aromatic carbocycles. The van der Waals surface area contributed by atoms with Crippen LogP contribution >= 0.6 is 0 Å². The summed E-state index contributed by atoms with van der Waals surface area (Å²) in [6.07, 6.45) is 3.38. The number of aliphatic hydroxyl groups is 1. The number of ether oxygens (including phenoxy) is 1. The minimum atomic E-state index is -4.01. The van der Waals surface area contributed by atoms with E-state index in [4.69, 9.17) is 0 Å². The van der Waals surface area contributed by atoms with Crippen molar-refractivity contribution in [2.45, 2.75) is 82.2 Å². The van der Waals surface area contributed by atoms with Crippen LogP contribution in [0.1, 0.15) is 76.3 Å². The first-order valence-corrected chi connectivity index (χ1v) is 18.9. The Morgan fingerprint density at radius 1 is 0.922 bits per heavy atom. The maximum Gasteiger partial charge on any atom is 0.407 e. The van der Waals surface area contributed by atoms with E-state index >= 15 is 0 Å². The van der Waals surface area contributed by atoms with E-state index in [9.17, 15) is 33.2 Å². The molecule has 1 fully saturated rings. The zero-order chi connectivity index (χ0) is 37.4. The predicted molar refractivity (Wildman–Crippen MR) is 197 cm³/mol. The van der Waals surface area contributed by atoms with Gasteiger partial charge in [0, 0.05) is 36.7 Å². The van der Waals surface area contributed by atoms with E-state index in [2.05, 4.69) is 83.0 Å². The Hall–Kier alpha value is -4.33. The molecule has 51 heavy (non-hydrogen) atoms. The number of nitro groups is 1. The molecule has 0 saturated heterocycles. The predicted octanol–water partition coefficient (Wildman–Crippen LogP) is 6.25. The topological polar surface area (TPSA) is 168 Å². The number of alkyl carbamates (subject to hydrolysis) is 1. The average Bonchev–Trinajstić information content (AvgIpc) is 3.99. The number of carbonyl (C=O) groups excluding carboxylic acids is 2. The lowest BCUT2D eigenvalue weighted by Gasteiger charge is -2.31. The number of aliphatic hydroxyl groups excluding tert-OH is 1. The van der Waals surface area contributed by atoms with Crippen LogP contribution in [0.2, 0.25) is 0 Å². The molecule has 2 unspecified atom stereocenters. The Labute approximate surface area is 301 Å².